The van der Waals surface area contributed by atoms with E-state index in [-0.39, 0.29) is 30.0 Å². The minimum atomic E-state index is -0.401. The molecule has 2 aromatic heterocycles. The maximum absolute atomic E-state index is 13.0. The molecule has 1 aliphatic rings. The monoisotopic (exact) mass is 418 g/mol. The molecular weight excluding hydrogens is 392 g/mol. The molecule has 0 aliphatic heterocycles. The number of aromatic nitrogens is 3. The number of pyridine rings is 1. The molecule has 160 valence electrons. The second-order valence-corrected chi connectivity index (χ2v) is 7.78. The number of ether oxygens (including phenoxy) is 1. The first-order valence-electron chi connectivity index (χ1n) is 10.5. The number of hydrogen-bond acceptors (Lipinski definition) is 5. The van der Waals surface area contributed by atoms with Crippen molar-refractivity contribution in [1.29, 1.82) is 0 Å². The van der Waals surface area contributed by atoms with E-state index >= 15 is 0 Å². The number of fused-ring (bicyclic) bond motifs is 1. The molecule has 1 amide bonds. The van der Waals surface area contributed by atoms with Crippen LogP contribution in [0.25, 0.3) is 0 Å². The van der Waals surface area contributed by atoms with Crippen molar-refractivity contribution in [1.82, 2.24) is 19.9 Å². The van der Waals surface area contributed by atoms with Gasteiger partial charge in [-0.3, -0.25) is 9.59 Å². The normalized spacial score (nSPS) is 12.8. The molecular formula is C24H26N4O3. The second kappa shape index (κ2) is 9.12. The van der Waals surface area contributed by atoms with Gasteiger partial charge in [0.25, 0.3) is 5.91 Å². The average Bonchev–Trinajstić information content (AvgIpc) is 2.78. The van der Waals surface area contributed by atoms with E-state index in [0.29, 0.717) is 5.82 Å². The van der Waals surface area contributed by atoms with Crippen molar-refractivity contribution in [2.45, 2.75) is 45.8 Å². The fraction of sp³-hybridized carbons (Fsp3) is 0.333. The molecule has 7 nitrogen and oxygen atoms in total. The Kier molecular flexibility index (Phi) is 6.11. The summed E-state index contributed by atoms with van der Waals surface area (Å²) in [7, 11) is 1.71. The number of aryl methyl sites for hydroxylation is 3. The lowest BCUT2D eigenvalue weighted by Crippen LogP contribution is -2.30. The van der Waals surface area contributed by atoms with Crippen LogP contribution in [0.1, 0.15) is 51.7 Å². The average molecular weight is 418 g/mol. The Balaban J connectivity index is 1.52. The van der Waals surface area contributed by atoms with Crippen LogP contribution in [0.15, 0.2) is 47.4 Å². The summed E-state index contributed by atoms with van der Waals surface area (Å²) in [5.74, 6) is 0.218. The standard InChI is InChI=1S/C24H26N4O3/c1-16-18-10-6-7-11-19(18)27-21(26-16)14-25-24(30)22-23(20(29)12-13-28(22)2)31-15-17-8-4-3-5-9-17/h3-5,8-9,12-13H,6-7,10-11,14-15H2,1-2H3,(H,25,30). The summed E-state index contributed by atoms with van der Waals surface area (Å²) in [6.45, 7) is 2.38. The van der Waals surface area contributed by atoms with Gasteiger partial charge in [0.15, 0.2) is 11.4 Å². The van der Waals surface area contributed by atoms with E-state index in [2.05, 4.69) is 15.3 Å². The number of nitrogens with zero attached hydrogens (tertiary/aromatic N) is 3. The first-order chi connectivity index (χ1) is 15.0. The van der Waals surface area contributed by atoms with Gasteiger partial charge in [-0.2, -0.15) is 0 Å². The Labute approximate surface area is 181 Å². The van der Waals surface area contributed by atoms with E-state index in [0.717, 1.165) is 36.2 Å². The summed E-state index contributed by atoms with van der Waals surface area (Å²) in [4.78, 5) is 34.7. The fourth-order valence-electron chi connectivity index (χ4n) is 3.91. The first-order valence-corrected chi connectivity index (χ1v) is 10.5. The van der Waals surface area contributed by atoms with E-state index < -0.39 is 5.91 Å². The van der Waals surface area contributed by atoms with Gasteiger partial charge in [0.05, 0.1) is 6.54 Å². The van der Waals surface area contributed by atoms with Crippen molar-refractivity contribution in [2.75, 3.05) is 0 Å². The minimum absolute atomic E-state index is 0.0360. The molecule has 0 atom stereocenters. The highest BCUT2D eigenvalue weighted by atomic mass is 16.5. The minimum Gasteiger partial charge on any atom is -0.483 e. The van der Waals surface area contributed by atoms with Crippen molar-refractivity contribution in [3.63, 3.8) is 0 Å². The van der Waals surface area contributed by atoms with Crippen LogP contribution in [-0.4, -0.2) is 20.4 Å². The highest BCUT2D eigenvalue weighted by Gasteiger charge is 2.20. The summed E-state index contributed by atoms with van der Waals surface area (Å²) >= 11 is 0. The topological polar surface area (TPSA) is 86.1 Å². The summed E-state index contributed by atoms with van der Waals surface area (Å²) in [5.41, 5.74) is 4.06. The molecule has 2 heterocycles. The predicted octanol–water partition coefficient (Wildman–Crippen LogP) is 2.87. The summed E-state index contributed by atoms with van der Waals surface area (Å²) in [6.07, 6.45) is 5.82. The van der Waals surface area contributed by atoms with Crippen LogP contribution < -0.4 is 15.5 Å². The summed E-state index contributed by atoms with van der Waals surface area (Å²) in [6, 6.07) is 10.9. The molecule has 0 saturated carbocycles. The van der Waals surface area contributed by atoms with E-state index in [1.807, 2.05) is 37.3 Å². The number of carbonyl (C=O) groups is 1. The third-order valence-electron chi connectivity index (χ3n) is 5.53. The van der Waals surface area contributed by atoms with Gasteiger partial charge in [-0.15, -0.1) is 0 Å². The molecule has 0 radical (unpaired) electrons. The summed E-state index contributed by atoms with van der Waals surface area (Å²) < 4.78 is 7.37. The van der Waals surface area contributed by atoms with E-state index in [9.17, 15) is 9.59 Å². The Morgan fingerprint density at radius 1 is 1.13 bits per heavy atom. The van der Waals surface area contributed by atoms with Crippen molar-refractivity contribution >= 4 is 5.91 Å². The van der Waals surface area contributed by atoms with Crippen LogP contribution in [0.3, 0.4) is 0 Å². The Hall–Kier alpha value is -3.48. The van der Waals surface area contributed by atoms with Gasteiger partial charge in [-0.1, -0.05) is 30.3 Å². The van der Waals surface area contributed by atoms with Crippen LogP contribution in [0.4, 0.5) is 0 Å². The van der Waals surface area contributed by atoms with Crippen LogP contribution in [0.2, 0.25) is 0 Å². The smallest absolute Gasteiger partial charge is 0.272 e. The number of carbonyl (C=O) groups excluding carboxylic acids is 1. The molecule has 0 saturated heterocycles. The molecule has 1 N–H and O–H groups in total. The quantitative estimate of drug-likeness (QED) is 0.665. The molecule has 3 aromatic rings. The van der Waals surface area contributed by atoms with Crippen LogP contribution in [0.5, 0.6) is 5.75 Å². The molecule has 1 aliphatic carbocycles. The largest absolute Gasteiger partial charge is 0.483 e. The maximum Gasteiger partial charge on any atom is 0.272 e. The lowest BCUT2D eigenvalue weighted by Gasteiger charge is -2.18. The molecule has 0 spiro atoms. The predicted molar refractivity (Wildman–Crippen MR) is 117 cm³/mol. The highest BCUT2D eigenvalue weighted by molar-refractivity contribution is 5.95. The number of amides is 1. The van der Waals surface area contributed by atoms with Crippen molar-refractivity contribution in [3.05, 3.63) is 86.9 Å². The zero-order valence-corrected chi connectivity index (χ0v) is 17.9. The van der Waals surface area contributed by atoms with Crippen LogP contribution >= 0.6 is 0 Å². The Bertz CT molecular complexity index is 1160. The zero-order valence-electron chi connectivity index (χ0n) is 17.9. The SMILES string of the molecule is Cc1nc(CNC(=O)c2c(OCc3ccccc3)c(=O)ccn2C)nc2c1CCCC2. The van der Waals surface area contributed by atoms with Gasteiger partial charge in [0, 0.05) is 30.7 Å². The molecule has 7 heteroatoms. The third kappa shape index (κ3) is 4.66. The Morgan fingerprint density at radius 2 is 1.90 bits per heavy atom. The lowest BCUT2D eigenvalue weighted by atomic mass is 9.95. The molecule has 0 fully saturated rings. The molecule has 4 rings (SSSR count). The van der Waals surface area contributed by atoms with Crippen LogP contribution in [-0.2, 0) is 33.0 Å². The molecule has 0 unspecified atom stereocenters. The molecule has 1 aromatic carbocycles. The van der Waals surface area contributed by atoms with Crippen LogP contribution in [0, 0.1) is 6.92 Å². The number of rotatable bonds is 6. The zero-order chi connectivity index (χ0) is 21.8. The van der Waals surface area contributed by atoms with Crippen molar-refractivity contribution in [3.8, 4) is 5.75 Å². The first kappa shape index (κ1) is 20.8. The number of nitrogens with one attached hydrogen (secondary N) is 1. The van der Waals surface area contributed by atoms with Gasteiger partial charge >= 0.3 is 0 Å². The Morgan fingerprint density at radius 3 is 2.71 bits per heavy atom. The van der Waals surface area contributed by atoms with Crippen molar-refractivity contribution < 1.29 is 9.53 Å². The molecule has 0 bridgehead atoms. The van der Waals surface area contributed by atoms with Gasteiger partial charge in [0.2, 0.25) is 5.43 Å². The van der Waals surface area contributed by atoms with Gasteiger partial charge in [0.1, 0.15) is 12.4 Å². The van der Waals surface area contributed by atoms with E-state index in [1.54, 1.807) is 17.8 Å². The van der Waals surface area contributed by atoms with Gasteiger partial charge in [-0.25, -0.2) is 9.97 Å². The fourth-order valence-corrected chi connectivity index (χ4v) is 3.91. The maximum atomic E-state index is 13.0. The number of hydrogen-bond donors (Lipinski definition) is 1. The third-order valence-corrected chi connectivity index (χ3v) is 5.53. The van der Waals surface area contributed by atoms with E-state index in [1.165, 1.54) is 18.1 Å². The summed E-state index contributed by atoms with van der Waals surface area (Å²) in [5, 5.41) is 2.85. The van der Waals surface area contributed by atoms with Gasteiger partial charge in [-0.05, 0) is 43.7 Å². The molecule has 31 heavy (non-hydrogen) atoms. The number of benzene rings is 1. The van der Waals surface area contributed by atoms with Gasteiger partial charge < -0.3 is 14.6 Å². The highest BCUT2D eigenvalue weighted by Crippen LogP contribution is 2.21. The lowest BCUT2D eigenvalue weighted by molar-refractivity contribution is 0.0935. The second-order valence-electron chi connectivity index (χ2n) is 7.78. The van der Waals surface area contributed by atoms with Crippen molar-refractivity contribution in [2.24, 2.45) is 7.05 Å². The van der Waals surface area contributed by atoms with E-state index in [4.69, 9.17) is 4.74 Å².